The Balaban J connectivity index is 2.25. The SMILES string of the molecule is COCCN1C(=O)Cc2cc(Br)ccc21. The Morgan fingerprint density at radius 1 is 1.53 bits per heavy atom. The van der Waals surface area contributed by atoms with E-state index >= 15 is 0 Å². The number of hydrogen-bond donors (Lipinski definition) is 0. The molecule has 1 aromatic rings. The number of ether oxygens (including phenoxy) is 1. The third-order valence-electron chi connectivity index (χ3n) is 2.49. The van der Waals surface area contributed by atoms with E-state index in [-0.39, 0.29) is 5.91 Å². The van der Waals surface area contributed by atoms with Crippen molar-refractivity contribution in [2.75, 3.05) is 25.2 Å². The molecule has 1 amide bonds. The monoisotopic (exact) mass is 269 g/mol. The lowest BCUT2D eigenvalue weighted by Gasteiger charge is -2.16. The van der Waals surface area contributed by atoms with Crippen molar-refractivity contribution >= 4 is 27.5 Å². The number of rotatable bonds is 3. The molecular formula is C11H12BrNO2. The lowest BCUT2D eigenvalue weighted by atomic mass is 10.2. The van der Waals surface area contributed by atoms with Gasteiger partial charge in [0.25, 0.3) is 0 Å². The normalized spacial score (nSPS) is 14.5. The van der Waals surface area contributed by atoms with Crippen molar-refractivity contribution < 1.29 is 9.53 Å². The van der Waals surface area contributed by atoms with E-state index in [0.717, 1.165) is 15.7 Å². The number of carbonyl (C=O) groups is 1. The summed E-state index contributed by atoms with van der Waals surface area (Å²) in [5.41, 5.74) is 2.10. The number of fused-ring (bicyclic) bond motifs is 1. The average Bonchev–Trinajstić information content (AvgIpc) is 2.50. The molecule has 1 heterocycles. The Morgan fingerprint density at radius 3 is 3.07 bits per heavy atom. The molecule has 0 N–H and O–H groups in total. The molecular weight excluding hydrogens is 258 g/mol. The summed E-state index contributed by atoms with van der Waals surface area (Å²) in [5.74, 6) is 0.153. The molecule has 2 rings (SSSR count). The first-order valence-corrected chi connectivity index (χ1v) is 5.59. The molecule has 0 unspecified atom stereocenters. The lowest BCUT2D eigenvalue weighted by Crippen LogP contribution is -2.30. The first-order valence-electron chi connectivity index (χ1n) is 4.80. The highest BCUT2D eigenvalue weighted by Gasteiger charge is 2.26. The Labute approximate surface area is 97.2 Å². The maximum absolute atomic E-state index is 11.7. The van der Waals surface area contributed by atoms with E-state index < -0.39 is 0 Å². The first-order chi connectivity index (χ1) is 7.22. The number of benzene rings is 1. The predicted octanol–water partition coefficient (Wildman–Crippen LogP) is 1.98. The molecule has 0 aliphatic carbocycles. The lowest BCUT2D eigenvalue weighted by molar-refractivity contribution is -0.117. The molecule has 0 radical (unpaired) electrons. The summed E-state index contributed by atoms with van der Waals surface area (Å²) in [6.45, 7) is 1.20. The highest BCUT2D eigenvalue weighted by Crippen LogP contribution is 2.30. The largest absolute Gasteiger partial charge is 0.383 e. The Kier molecular flexibility index (Phi) is 3.07. The third kappa shape index (κ3) is 2.06. The van der Waals surface area contributed by atoms with Crippen molar-refractivity contribution in [3.8, 4) is 0 Å². The summed E-state index contributed by atoms with van der Waals surface area (Å²) in [6, 6.07) is 5.93. The van der Waals surface area contributed by atoms with Crippen LogP contribution in [0.4, 0.5) is 5.69 Å². The summed E-state index contributed by atoms with van der Waals surface area (Å²) in [4.78, 5) is 13.5. The zero-order valence-corrected chi connectivity index (χ0v) is 10.1. The van der Waals surface area contributed by atoms with Crippen LogP contribution in [0.1, 0.15) is 5.56 Å². The van der Waals surface area contributed by atoms with Gasteiger partial charge in [-0.3, -0.25) is 4.79 Å². The van der Waals surface area contributed by atoms with E-state index in [1.807, 2.05) is 18.2 Å². The van der Waals surface area contributed by atoms with Gasteiger partial charge in [0.1, 0.15) is 0 Å². The molecule has 80 valence electrons. The van der Waals surface area contributed by atoms with Crippen LogP contribution in [-0.4, -0.2) is 26.2 Å². The van der Waals surface area contributed by atoms with Gasteiger partial charge in [-0.25, -0.2) is 0 Å². The van der Waals surface area contributed by atoms with Gasteiger partial charge in [0, 0.05) is 23.8 Å². The second kappa shape index (κ2) is 4.33. The molecule has 0 spiro atoms. The summed E-state index contributed by atoms with van der Waals surface area (Å²) >= 11 is 3.40. The standard InChI is InChI=1S/C11H12BrNO2/c1-15-5-4-13-10-3-2-9(12)6-8(10)7-11(13)14/h2-3,6H,4-5,7H2,1H3. The van der Waals surface area contributed by atoms with Gasteiger partial charge in [-0.05, 0) is 23.8 Å². The fourth-order valence-electron chi connectivity index (χ4n) is 1.78. The van der Waals surface area contributed by atoms with Crippen LogP contribution < -0.4 is 4.90 Å². The van der Waals surface area contributed by atoms with E-state index in [1.54, 1.807) is 12.0 Å². The summed E-state index contributed by atoms with van der Waals surface area (Å²) in [7, 11) is 1.64. The molecule has 0 atom stereocenters. The molecule has 0 saturated heterocycles. The van der Waals surface area contributed by atoms with Crippen LogP contribution in [0.2, 0.25) is 0 Å². The minimum atomic E-state index is 0.153. The van der Waals surface area contributed by atoms with Crippen LogP contribution in [0.5, 0.6) is 0 Å². The van der Waals surface area contributed by atoms with Crippen LogP contribution in [0.15, 0.2) is 22.7 Å². The quantitative estimate of drug-likeness (QED) is 0.840. The number of amides is 1. The molecule has 0 saturated carbocycles. The number of nitrogens with zero attached hydrogens (tertiary/aromatic N) is 1. The molecule has 3 nitrogen and oxygen atoms in total. The first kappa shape index (κ1) is 10.6. The average molecular weight is 270 g/mol. The van der Waals surface area contributed by atoms with Crippen LogP contribution >= 0.6 is 15.9 Å². The minimum Gasteiger partial charge on any atom is -0.383 e. The maximum Gasteiger partial charge on any atom is 0.231 e. The molecule has 0 bridgehead atoms. The number of hydrogen-bond acceptors (Lipinski definition) is 2. The van der Waals surface area contributed by atoms with Gasteiger partial charge in [0.2, 0.25) is 5.91 Å². The second-order valence-corrected chi connectivity index (χ2v) is 4.40. The van der Waals surface area contributed by atoms with Gasteiger partial charge < -0.3 is 9.64 Å². The number of anilines is 1. The van der Waals surface area contributed by atoms with Crippen molar-refractivity contribution in [2.45, 2.75) is 6.42 Å². The fraction of sp³-hybridized carbons (Fsp3) is 0.364. The van der Waals surface area contributed by atoms with Crippen molar-refractivity contribution in [1.82, 2.24) is 0 Å². The third-order valence-corrected chi connectivity index (χ3v) is 2.99. The van der Waals surface area contributed by atoms with Crippen LogP contribution in [0.25, 0.3) is 0 Å². The van der Waals surface area contributed by atoms with Gasteiger partial charge in [-0.15, -0.1) is 0 Å². The molecule has 15 heavy (non-hydrogen) atoms. The summed E-state index contributed by atoms with van der Waals surface area (Å²) in [6.07, 6.45) is 0.498. The predicted molar refractivity (Wildman–Crippen MR) is 62.1 cm³/mol. The van der Waals surface area contributed by atoms with Crippen molar-refractivity contribution in [1.29, 1.82) is 0 Å². The molecule has 4 heteroatoms. The summed E-state index contributed by atoms with van der Waals surface area (Å²) in [5, 5.41) is 0. The second-order valence-electron chi connectivity index (χ2n) is 3.49. The topological polar surface area (TPSA) is 29.5 Å². The molecule has 1 aliphatic heterocycles. The Hall–Kier alpha value is -0.870. The molecule has 1 aromatic carbocycles. The number of methoxy groups -OCH3 is 1. The van der Waals surface area contributed by atoms with E-state index in [0.29, 0.717) is 19.6 Å². The van der Waals surface area contributed by atoms with Crippen molar-refractivity contribution in [2.24, 2.45) is 0 Å². The number of halogens is 1. The van der Waals surface area contributed by atoms with E-state index in [4.69, 9.17) is 4.74 Å². The van der Waals surface area contributed by atoms with Gasteiger partial charge in [0.15, 0.2) is 0 Å². The van der Waals surface area contributed by atoms with E-state index in [1.165, 1.54) is 0 Å². The fourth-order valence-corrected chi connectivity index (χ4v) is 2.19. The van der Waals surface area contributed by atoms with Crippen LogP contribution in [-0.2, 0) is 16.0 Å². The Morgan fingerprint density at radius 2 is 2.33 bits per heavy atom. The van der Waals surface area contributed by atoms with Crippen LogP contribution in [0.3, 0.4) is 0 Å². The minimum absolute atomic E-state index is 0.153. The van der Waals surface area contributed by atoms with E-state index in [9.17, 15) is 4.79 Å². The highest BCUT2D eigenvalue weighted by molar-refractivity contribution is 9.10. The van der Waals surface area contributed by atoms with Crippen LogP contribution in [0, 0.1) is 0 Å². The summed E-state index contributed by atoms with van der Waals surface area (Å²) < 4.78 is 6.00. The molecule has 0 fully saturated rings. The molecule has 0 aromatic heterocycles. The molecule has 1 aliphatic rings. The maximum atomic E-state index is 11.7. The van der Waals surface area contributed by atoms with Gasteiger partial charge >= 0.3 is 0 Å². The van der Waals surface area contributed by atoms with Gasteiger partial charge in [-0.1, -0.05) is 15.9 Å². The Bertz CT molecular complexity index is 392. The zero-order valence-electron chi connectivity index (χ0n) is 8.50. The zero-order chi connectivity index (χ0) is 10.8. The van der Waals surface area contributed by atoms with E-state index in [2.05, 4.69) is 15.9 Å². The van der Waals surface area contributed by atoms with Crippen molar-refractivity contribution in [3.05, 3.63) is 28.2 Å². The van der Waals surface area contributed by atoms with Gasteiger partial charge in [0.05, 0.1) is 13.0 Å². The smallest absolute Gasteiger partial charge is 0.231 e. The highest BCUT2D eigenvalue weighted by atomic mass is 79.9. The van der Waals surface area contributed by atoms with Gasteiger partial charge in [-0.2, -0.15) is 0 Å². The number of carbonyl (C=O) groups excluding carboxylic acids is 1. The van der Waals surface area contributed by atoms with Crippen molar-refractivity contribution in [3.63, 3.8) is 0 Å².